The maximum Gasteiger partial charge on any atom is 0.125 e. The number of fused-ring (bicyclic) bond motifs is 1. The first-order valence-corrected chi connectivity index (χ1v) is 8.22. The maximum atomic E-state index is 6.17. The molecule has 0 aliphatic heterocycles. The van der Waals surface area contributed by atoms with Crippen molar-refractivity contribution in [3.8, 4) is 0 Å². The summed E-state index contributed by atoms with van der Waals surface area (Å²) in [6.07, 6.45) is 3.72. The number of halogens is 2. The van der Waals surface area contributed by atoms with Gasteiger partial charge >= 0.3 is 0 Å². The Morgan fingerprint density at radius 2 is 1.90 bits per heavy atom. The Morgan fingerprint density at radius 1 is 1.20 bits per heavy atom. The number of hydrogen-bond acceptors (Lipinski definition) is 1. The summed E-state index contributed by atoms with van der Waals surface area (Å²) in [4.78, 5) is 4.67. The molecule has 0 bridgehead atoms. The summed E-state index contributed by atoms with van der Waals surface area (Å²) < 4.78 is 2.33. The van der Waals surface area contributed by atoms with E-state index in [2.05, 4.69) is 23.4 Å². The van der Waals surface area contributed by atoms with Crippen molar-refractivity contribution in [2.75, 3.05) is 0 Å². The summed E-state index contributed by atoms with van der Waals surface area (Å²) in [5, 5.41) is 0.761. The van der Waals surface area contributed by atoms with Crippen molar-refractivity contribution < 1.29 is 0 Å². The van der Waals surface area contributed by atoms with Crippen LogP contribution < -0.4 is 0 Å². The average molecular weight is 311 g/mol. The second kappa shape index (κ2) is 5.57. The maximum absolute atomic E-state index is 6.17. The predicted octanol–water partition coefficient (Wildman–Crippen LogP) is 5.43. The molecule has 0 radical (unpaired) electrons. The van der Waals surface area contributed by atoms with E-state index in [-0.39, 0.29) is 0 Å². The molecule has 3 rings (SSSR count). The van der Waals surface area contributed by atoms with Crippen LogP contribution in [0.2, 0.25) is 5.02 Å². The zero-order valence-electron chi connectivity index (χ0n) is 11.9. The Bertz CT molecular complexity index is 610. The van der Waals surface area contributed by atoms with Gasteiger partial charge in [-0.15, -0.1) is 11.6 Å². The van der Waals surface area contributed by atoms with Gasteiger partial charge in [-0.05, 0) is 49.3 Å². The summed E-state index contributed by atoms with van der Waals surface area (Å²) in [5.41, 5.74) is 2.12. The van der Waals surface area contributed by atoms with Crippen molar-refractivity contribution in [2.45, 2.75) is 45.0 Å². The first kappa shape index (κ1) is 14.2. The van der Waals surface area contributed by atoms with Crippen molar-refractivity contribution >= 4 is 34.2 Å². The smallest absolute Gasteiger partial charge is 0.125 e. The lowest BCUT2D eigenvalue weighted by Crippen LogP contribution is -2.23. The molecule has 0 amide bonds. The third-order valence-corrected chi connectivity index (χ3v) is 4.84. The van der Waals surface area contributed by atoms with Crippen LogP contribution in [0.5, 0.6) is 0 Å². The normalized spacial score (nSPS) is 27.1. The van der Waals surface area contributed by atoms with Crippen molar-refractivity contribution in [1.82, 2.24) is 9.55 Å². The molecule has 1 aromatic carbocycles. The Balaban J connectivity index is 2.10. The van der Waals surface area contributed by atoms with Gasteiger partial charge in [0.05, 0.1) is 16.9 Å². The lowest BCUT2D eigenvalue weighted by atomic mass is 9.80. The average Bonchev–Trinajstić information content (AvgIpc) is 2.75. The largest absolute Gasteiger partial charge is 0.324 e. The van der Waals surface area contributed by atoms with E-state index >= 15 is 0 Å². The molecule has 108 valence electrons. The van der Waals surface area contributed by atoms with E-state index in [1.165, 1.54) is 19.3 Å². The van der Waals surface area contributed by atoms with E-state index in [0.717, 1.165) is 33.7 Å². The fraction of sp³-hybridized carbons (Fsp3) is 0.562. The van der Waals surface area contributed by atoms with E-state index in [4.69, 9.17) is 23.2 Å². The number of imidazole rings is 1. The van der Waals surface area contributed by atoms with E-state index in [0.29, 0.717) is 11.9 Å². The Morgan fingerprint density at radius 3 is 2.55 bits per heavy atom. The topological polar surface area (TPSA) is 17.8 Å². The van der Waals surface area contributed by atoms with Crippen LogP contribution >= 0.6 is 23.2 Å². The SMILES string of the molecule is CC1CC(C)CC(n2c(CCl)nc3ccc(Cl)cc32)C1. The highest BCUT2D eigenvalue weighted by atomic mass is 35.5. The van der Waals surface area contributed by atoms with Gasteiger partial charge in [-0.1, -0.05) is 25.4 Å². The van der Waals surface area contributed by atoms with Crippen molar-refractivity contribution in [1.29, 1.82) is 0 Å². The molecule has 0 N–H and O–H groups in total. The van der Waals surface area contributed by atoms with Crippen LogP contribution in [0, 0.1) is 11.8 Å². The van der Waals surface area contributed by atoms with Crippen molar-refractivity contribution in [3.63, 3.8) is 0 Å². The molecule has 20 heavy (non-hydrogen) atoms. The van der Waals surface area contributed by atoms with Gasteiger partial charge in [0.15, 0.2) is 0 Å². The third-order valence-electron chi connectivity index (χ3n) is 4.36. The second-order valence-electron chi connectivity index (χ2n) is 6.24. The quantitative estimate of drug-likeness (QED) is 0.677. The molecule has 1 fully saturated rings. The molecule has 2 unspecified atom stereocenters. The molecular weight excluding hydrogens is 291 g/mol. The lowest BCUT2D eigenvalue weighted by molar-refractivity contribution is 0.222. The Labute approximate surface area is 130 Å². The third kappa shape index (κ3) is 2.56. The number of benzene rings is 1. The van der Waals surface area contributed by atoms with Crippen LogP contribution in [0.4, 0.5) is 0 Å². The lowest BCUT2D eigenvalue weighted by Gasteiger charge is -2.33. The molecule has 2 atom stereocenters. The van der Waals surface area contributed by atoms with Crippen LogP contribution in [-0.2, 0) is 5.88 Å². The molecule has 2 nitrogen and oxygen atoms in total. The van der Waals surface area contributed by atoms with E-state index in [1.807, 2.05) is 18.2 Å². The van der Waals surface area contributed by atoms with Gasteiger partial charge in [0.2, 0.25) is 0 Å². The monoisotopic (exact) mass is 310 g/mol. The summed E-state index contributed by atoms with van der Waals surface area (Å²) in [7, 11) is 0. The zero-order valence-corrected chi connectivity index (χ0v) is 13.5. The minimum Gasteiger partial charge on any atom is -0.324 e. The molecule has 1 saturated carbocycles. The molecular formula is C16H20Cl2N2. The van der Waals surface area contributed by atoms with Crippen LogP contribution in [0.1, 0.15) is 45.0 Å². The number of aromatic nitrogens is 2. The fourth-order valence-electron chi connectivity index (χ4n) is 3.73. The van der Waals surface area contributed by atoms with Gasteiger partial charge in [-0.3, -0.25) is 0 Å². The van der Waals surface area contributed by atoms with Gasteiger partial charge in [0.25, 0.3) is 0 Å². The molecule has 0 saturated heterocycles. The van der Waals surface area contributed by atoms with Gasteiger partial charge < -0.3 is 4.57 Å². The first-order valence-electron chi connectivity index (χ1n) is 7.30. The molecule has 1 aliphatic carbocycles. The van der Waals surface area contributed by atoms with Gasteiger partial charge in [-0.2, -0.15) is 0 Å². The molecule has 2 aromatic rings. The molecule has 1 aliphatic rings. The van der Waals surface area contributed by atoms with Gasteiger partial charge in [-0.25, -0.2) is 4.98 Å². The minimum atomic E-state index is 0.450. The van der Waals surface area contributed by atoms with Crippen LogP contribution in [-0.4, -0.2) is 9.55 Å². The van der Waals surface area contributed by atoms with Crippen LogP contribution in [0.15, 0.2) is 18.2 Å². The number of rotatable bonds is 2. The molecule has 0 spiro atoms. The summed E-state index contributed by atoms with van der Waals surface area (Å²) >= 11 is 12.3. The van der Waals surface area contributed by atoms with Crippen LogP contribution in [0.3, 0.4) is 0 Å². The highest BCUT2D eigenvalue weighted by Gasteiger charge is 2.27. The highest BCUT2D eigenvalue weighted by molar-refractivity contribution is 6.31. The molecule has 1 heterocycles. The van der Waals surface area contributed by atoms with Crippen molar-refractivity contribution in [2.24, 2.45) is 11.8 Å². The summed E-state index contributed by atoms with van der Waals surface area (Å²) in [6, 6.07) is 6.39. The Kier molecular flexibility index (Phi) is 3.96. The second-order valence-corrected chi connectivity index (χ2v) is 6.94. The minimum absolute atomic E-state index is 0.450. The predicted molar refractivity (Wildman–Crippen MR) is 85.5 cm³/mol. The summed E-state index contributed by atoms with van der Waals surface area (Å²) in [6.45, 7) is 4.68. The van der Waals surface area contributed by atoms with Crippen molar-refractivity contribution in [3.05, 3.63) is 29.0 Å². The summed E-state index contributed by atoms with van der Waals surface area (Å²) in [5.74, 6) is 2.92. The number of alkyl halides is 1. The van der Waals surface area contributed by atoms with E-state index < -0.39 is 0 Å². The van der Waals surface area contributed by atoms with E-state index in [9.17, 15) is 0 Å². The van der Waals surface area contributed by atoms with Crippen LogP contribution in [0.25, 0.3) is 11.0 Å². The fourth-order valence-corrected chi connectivity index (χ4v) is 4.09. The number of nitrogens with zero attached hydrogens (tertiary/aromatic N) is 2. The zero-order chi connectivity index (χ0) is 14.3. The standard InChI is InChI=1S/C16H20Cl2N2/c1-10-5-11(2)7-13(6-10)20-15-8-12(18)3-4-14(15)19-16(20)9-17/h3-4,8,10-11,13H,5-7,9H2,1-2H3. The highest BCUT2D eigenvalue weighted by Crippen LogP contribution is 2.38. The van der Waals surface area contributed by atoms with Gasteiger partial charge in [0, 0.05) is 11.1 Å². The molecule has 1 aromatic heterocycles. The molecule has 4 heteroatoms. The Hall–Kier alpha value is -0.730. The number of hydrogen-bond donors (Lipinski definition) is 0. The van der Waals surface area contributed by atoms with E-state index in [1.54, 1.807) is 0 Å². The first-order chi connectivity index (χ1) is 9.58. The van der Waals surface area contributed by atoms with Gasteiger partial charge in [0.1, 0.15) is 5.82 Å².